The first-order valence-corrected chi connectivity index (χ1v) is 7.85. The van der Waals surface area contributed by atoms with Gasteiger partial charge in [0, 0.05) is 13.1 Å². The fourth-order valence-electron chi connectivity index (χ4n) is 2.27. The monoisotopic (exact) mass is 254 g/mol. The Balaban J connectivity index is 1.83. The number of rotatable bonds is 4. The van der Waals surface area contributed by atoms with Crippen LogP contribution in [0.2, 0.25) is 0 Å². The zero-order valence-electron chi connectivity index (χ0n) is 10.5. The van der Waals surface area contributed by atoms with Gasteiger partial charge in [0.2, 0.25) is 0 Å². The molecule has 0 bridgehead atoms. The Morgan fingerprint density at radius 1 is 1.35 bits per heavy atom. The first-order valence-electron chi connectivity index (χ1n) is 6.56. The molecule has 4 heteroatoms. The molecule has 1 aliphatic heterocycles. The smallest absolute Gasteiger partial charge is 0.317 e. The van der Waals surface area contributed by atoms with E-state index >= 15 is 0 Å². The molecular weight excluding hydrogens is 232 g/mol. The Bertz CT molecular complexity index is 283. The number of nitrogens with zero attached hydrogens (tertiary/aromatic N) is 1. The largest absolute Gasteiger partial charge is 0.331 e. The van der Waals surface area contributed by atoms with E-state index in [1.165, 1.54) is 19.3 Å². The van der Waals surface area contributed by atoms with Crippen molar-refractivity contribution in [2.75, 3.05) is 19.3 Å². The molecule has 2 fully saturated rings. The van der Waals surface area contributed by atoms with E-state index in [1.807, 2.05) is 11.2 Å². The molecule has 96 valence electrons. The normalized spacial score (nSPS) is 22.8. The SMILES string of the molecule is CS/C=C/C(NC(=O)N1CCCCC1)C1CC1. The van der Waals surface area contributed by atoms with E-state index in [4.69, 9.17) is 0 Å². The second-order valence-electron chi connectivity index (χ2n) is 4.92. The summed E-state index contributed by atoms with van der Waals surface area (Å²) >= 11 is 1.69. The second kappa shape index (κ2) is 6.34. The molecular formula is C13H22N2OS. The van der Waals surface area contributed by atoms with Crippen molar-refractivity contribution in [1.82, 2.24) is 10.2 Å². The topological polar surface area (TPSA) is 32.3 Å². The maximum absolute atomic E-state index is 12.1. The van der Waals surface area contributed by atoms with Gasteiger partial charge in [0.05, 0.1) is 6.04 Å². The van der Waals surface area contributed by atoms with Crippen molar-refractivity contribution >= 4 is 17.8 Å². The quantitative estimate of drug-likeness (QED) is 0.836. The molecule has 0 radical (unpaired) electrons. The van der Waals surface area contributed by atoms with Gasteiger partial charge in [0.1, 0.15) is 0 Å². The molecule has 2 amide bonds. The number of amides is 2. The zero-order chi connectivity index (χ0) is 12.1. The molecule has 1 N–H and O–H groups in total. The minimum atomic E-state index is 0.132. The lowest BCUT2D eigenvalue weighted by molar-refractivity contribution is 0.183. The fraction of sp³-hybridized carbons (Fsp3) is 0.769. The Labute approximate surface area is 108 Å². The number of likely N-dealkylation sites (tertiary alicyclic amines) is 1. The average Bonchev–Trinajstić information content (AvgIpc) is 3.19. The van der Waals surface area contributed by atoms with Crippen LogP contribution in [0.15, 0.2) is 11.5 Å². The highest BCUT2D eigenvalue weighted by Crippen LogP contribution is 2.33. The summed E-state index contributed by atoms with van der Waals surface area (Å²) in [7, 11) is 0. The maximum Gasteiger partial charge on any atom is 0.317 e. The third-order valence-corrected chi connectivity index (χ3v) is 3.91. The molecule has 1 saturated heterocycles. The summed E-state index contributed by atoms with van der Waals surface area (Å²) in [4.78, 5) is 14.0. The standard InChI is InChI=1S/C13H22N2OS/c1-17-10-7-12(11-5-6-11)14-13(16)15-8-3-2-4-9-15/h7,10-12H,2-6,8-9H2,1H3,(H,14,16)/b10-7+. The van der Waals surface area contributed by atoms with Crippen molar-refractivity contribution < 1.29 is 4.79 Å². The number of urea groups is 1. The van der Waals surface area contributed by atoms with Crippen molar-refractivity contribution in [1.29, 1.82) is 0 Å². The third-order valence-electron chi connectivity index (χ3n) is 3.49. The van der Waals surface area contributed by atoms with Crippen molar-refractivity contribution in [2.24, 2.45) is 5.92 Å². The third kappa shape index (κ3) is 3.95. The number of hydrogen-bond acceptors (Lipinski definition) is 2. The van der Waals surface area contributed by atoms with Gasteiger partial charge in [0.15, 0.2) is 0 Å². The Kier molecular flexibility index (Phi) is 4.77. The lowest BCUT2D eigenvalue weighted by Gasteiger charge is -2.28. The van der Waals surface area contributed by atoms with E-state index < -0.39 is 0 Å². The molecule has 1 aliphatic carbocycles. The number of nitrogens with one attached hydrogen (secondary N) is 1. The van der Waals surface area contributed by atoms with Gasteiger partial charge in [-0.3, -0.25) is 0 Å². The Morgan fingerprint density at radius 2 is 2.06 bits per heavy atom. The van der Waals surface area contributed by atoms with E-state index in [9.17, 15) is 4.79 Å². The van der Waals surface area contributed by atoms with Gasteiger partial charge in [-0.2, -0.15) is 0 Å². The van der Waals surface area contributed by atoms with Crippen LogP contribution in [0.25, 0.3) is 0 Å². The summed E-state index contributed by atoms with van der Waals surface area (Å²) in [5.74, 6) is 0.673. The van der Waals surface area contributed by atoms with Crippen molar-refractivity contribution in [3.8, 4) is 0 Å². The molecule has 0 aromatic heterocycles. The van der Waals surface area contributed by atoms with Gasteiger partial charge in [-0.1, -0.05) is 6.08 Å². The Morgan fingerprint density at radius 3 is 2.65 bits per heavy atom. The van der Waals surface area contributed by atoms with Crippen LogP contribution in [-0.4, -0.2) is 36.3 Å². The number of carbonyl (C=O) groups is 1. The highest BCUT2D eigenvalue weighted by atomic mass is 32.2. The maximum atomic E-state index is 12.1. The van der Waals surface area contributed by atoms with Gasteiger partial charge in [-0.25, -0.2) is 4.79 Å². The van der Waals surface area contributed by atoms with Crippen LogP contribution >= 0.6 is 11.8 Å². The molecule has 2 rings (SSSR count). The molecule has 17 heavy (non-hydrogen) atoms. The van der Waals surface area contributed by atoms with E-state index in [0.717, 1.165) is 25.9 Å². The summed E-state index contributed by atoms with van der Waals surface area (Å²) in [6.07, 6.45) is 10.3. The molecule has 2 aliphatic rings. The molecule has 1 heterocycles. The number of carbonyl (C=O) groups excluding carboxylic acids is 1. The van der Waals surface area contributed by atoms with E-state index in [-0.39, 0.29) is 12.1 Å². The first-order chi connectivity index (χ1) is 8.31. The summed E-state index contributed by atoms with van der Waals surface area (Å²) in [6, 6.07) is 0.379. The average molecular weight is 254 g/mol. The minimum Gasteiger partial charge on any atom is -0.331 e. The Hall–Kier alpha value is -0.640. The number of hydrogen-bond donors (Lipinski definition) is 1. The highest BCUT2D eigenvalue weighted by Gasteiger charge is 2.31. The molecule has 1 unspecified atom stereocenters. The van der Waals surface area contributed by atoms with E-state index in [1.54, 1.807) is 11.8 Å². The van der Waals surface area contributed by atoms with Crippen molar-refractivity contribution in [3.05, 3.63) is 11.5 Å². The summed E-state index contributed by atoms with van der Waals surface area (Å²) in [6.45, 7) is 1.85. The zero-order valence-corrected chi connectivity index (χ0v) is 11.3. The highest BCUT2D eigenvalue weighted by molar-refractivity contribution is 8.01. The molecule has 1 atom stereocenters. The van der Waals surface area contributed by atoms with Gasteiger partial charge < -0.3 is 10.2 Å². The van der Waals surface area contributed by atoms with Gasteiger partial charge in [-0.05, 0) is 49.7 Å². The summed E-state index contributed by atoms with van der Waals surface area (Å²) in [5, 5.41) is 5.25. The molecule has 3 nitrogen and oxygen atoms in total. The second-order valence-corrected chi connectivity index (χ2v) is 5.67. The van der Waals surface area contributed by atoms with Gasteiger partial charge >= 0.3 is 6.03 Å². The lowest BCUT2D eigenvalue weighted by Crippen LogP contribution is -2.46. The molecule has 1 saturated carbocycles. The van der Waals surface area contributed by atoms with Crippen molar-refractivity contribution in [3.63, 3.8) is 0 Å². The van der Waals surface area contributed by atoms with Crippen LogP contribution in [0.5, 0.6) is 0 Å². The summed E-state index contributed by atoms with van der Waals surface area (Å²) < 4.78 is 0. The fourth-order valence-corrected chi connectivity index (χ4v) is 2.60. The predicted octanol–water partition coefficient (Wildman–Crippen LogP) is 2.84. The summed E-state index contributed by atoms with van der Waals surface area (Å²) in [5.41, 5.74) is 0. The van der Waals surface area contributed by atoms with Gasteiger partial charge in [-0.15, -0.1) is 11.8 Å². The van der Waals surface area contributed by atoms with Crippen LogP contribution in [0.3, 0.4) is 0 Å². The van der Waals surface area contributed by atoms with Crippen LogP contribution in [0.1, 0.15) is 32.1 Å². The van der Waals surface area contributed by atoms with Crippen LogP contribution in [0, 0.1) is 5.92 Å². The van der Waals surface area contributed by atoms with Crippen LogP contribution in [0.4, 0.5) is 4.79 Å². The lowest BCUT2D eigenvalue weighted by atomic mass is 10.1. The van der Waals surface area contributed by atoms with E-state index in [0.29, 0.717) is 5.92 Å². The molecule has 0 aromatic rings. The number of piperidine rings is 1. The van der Waals surface area contributed by atoms with Crippen molar-refractivity contribution in [2.45, 2.75) is 38.1 Å². The van der Waals surface area contributed by atoms with Crippen LogP contribution in [-0.2, 0) is 0 Å². The van der Waals surface area contributed by atoms with Crippen LogP contribution < -0.4 is 5.32 Å². The van der Waals surface area contributed by atoms with Gasteiger partial charge in [0.25, 0.3) is 0 Å². The molecule has 0 spiro atoms. The first kappa shape index (κ1) is 12.8. The molecule has 0 aromatic carbocycles. The predicted molar refractivity (Wildman–Crippen MR) is 73.1 cm³/mol. The van der Waals surface area contributed by atoms with E-state index in [2.05, 4.69) is 16.8 Å². The number of thioether (sulfide) groups is 1. The minimum absolute atomic E-state index is 0.132.